The van der Waals surface area contributed by atoms with Crippen molar-refractivity contribution in [2.45, 2.75) is 33.2 Å². The molecule has 0 bridgehead atoms. The van der Waals surface area contributed by atoms with Gasteiger partial charge in [0, 0.05) is 31.9 Å². The van der Waals surface area contributed by atoms with E-state index in [1.807, 2.05) is 20.8 Å². The van der Waals surface area contributed by atoms with Crippen LogP contribution in [0.15, 0.2) is 12.7 Å². The maximum absolute atomic E-state index is 10.8. The van der Waals surface area contributed by atoms with Gasteiger partial charge in [-0.25, -0.2) is 4.79 Å². The third-order valence-corrected chi connectivity index (χ3v) is 5.47. The Balaban J connectivity index is 3.99. The molecule has 0 rings (SSSR count). The van der Waals surface area contributed by atoms with Gasteiger partial charge in [-0.3, -0.25) is 0 Å². The van der Waals surface area contributed by atoms with Crippen molar-refractivity contribution in [2.24, 2.45) is 0 Å². The smallest absolute Gasteiger partial charge is 0.435 e. The highest BCUT2D eigenvalue weighted by Crippen LogP contribution is 2.18. The molecule has 20 heavy (non-hydrogen) atoms. The van der Waals surface area contributed by atoms with Gasteiger partial charge in [-0.2, -0.15) is 0 Å². The summed E-state index contributed by atoms with van der Waals surface area (Å²) in [7, 11) is -2.59. The summed E-state index contributed by atoms with van der Waals surface area (Å²) >= 11 is 0. The molecule has 0 aromatic carbocycles. The minimum Gasteiger partial charge on any atom is -0.435 e. The van der Waals surface area contributed by atoms with E-state index in [2.05, 4.69) is 6.58 Å². The van der Waals surface area contributed by atoms with E-state index in [4.69, 9.17) is 22.8 Å². The number of hydrogen-bond donors (Lipinski definition) is 0. The quantitative estimate of drug-likeness (QED) is 0.171. The molecule has 0 unspecified atom stereocenters. The first kappa shape index (κ1) is 19.3. The molecule has 6 nitrogen and oxygen atoms in total. The highest BCUT2D eigenvalue weighted by atomic mass is 28.4. The minimum atomic E-state index is -2.59. The van der Waals surface area contributed by atoms with Crippen LogP contribution in [0.1, 0.15) is 27.2 Å². The normalized spacial score (nSPS) is 11.3. The first-order chi connectivity index (χ1) is 9.64. The lowest BCUT2D eigenvalue weighted by Gasteiger charge is -2.28. The summed E-state index contributed by atoms with van der Waals surface area (Å²) in [6, 6.07) is 0.678. The van der Waals surface area contributed by atoms with E-state index in [-0.39, 0.29) is 6.79 Å². The molecule has 0 aromatic heterocycles. The van der Waals surface area contributed by atoms with Crippen LogP contribution in [0.3, 0.4) is 0 Å². The number of hydrogen-bond acceptors (Lipinski definition) is 6. The Morgan fingerprint density at radius 1 is 1.10 bits per heavy atom. The molecule has 118 valence electrons. The molecule has 0 radical (unpaired) electrons. The van der Waals surface area contributed by atoms with Gasteiger partial charge in [0.1, 0.15) is 0 Å². The average molecular weight is 306 g/mol. The summed E-state index contributed by atoms with van der Waals surface area (Å²) in [4.78, 5) is 10.8. The summed E-state index contributed by atoms with van der Waals surface area (Å²) in [6.45, 7) is 11.1. The predicted molar refractivity (Wildman–Crippen MR) is 77.2 cm³/mol. The van der Waals surface area contributed by atoms with Crippen molar-refractivity contribution in [3.63, 3.8) is 0 Å². The Labute approximate surface area is 122 Å². The molecular weight excluding hydrogens is 280 g/mol. The molecule has 0 aromatic rings. The lowest BCUT2D eigenvalue weighted by atomic mass is 10.5. The second-order valence-electron chi connectivity index (χ2n) is 3.78. The first-order valence-electron chi connectivity index (χ1n) is 6.92. The minimum absolute atomic E-state index is 0.0721. The maximum atomic E-state index is 10.8. The van der Waals surface area contributed by atoms with E-state index in [9.17, 15) is 4.79 Å². The molecule has 0 spiro atoms. The number of esters is 1. The second-order valence-corrected chi connectivity index (χ2v) is 6.51. The van der Waals surface area contributed by atoms with Crippen LogP contribution in [0.5, 0.6) is 0 Å². The van der Waals surface area contributed by atoms with E-state index in [1.54, 1.807) is 0 Å². The van der Waals surface area contributed by atoms with Gasteiger partial charge in [-0.1, -0.05) is 6.58 Å². The Bertz CT molecular complexity index is 255. The molecule has 0 heterocycles. The van der Waals surface area contributed by atoms with E-state index in [1.165, 1.54) is 0 Å². The molecule has 0 saturated heterocycles. The van der Waals surface area contributed by atoms with E-state index in [0.29, 0.717) is 32.5 Å². The van der Waals surface area contributed by atoms with E-state index in [0.717, 1.165) is 12.5 Å². The Hall–Kier alpha value is -0.733. The van der Waals surface area contributed by atoms with Gasteiger partial charge in [0.15, 0.2) is 6.79 Å². The Morgan fingerprint density at radius 2 is 1.65 bits per heavy atom. The largest absolute Gasteiger partial charge is 0.501 e. The molecule has 0 saturated carbocycles. The fourth-order valence-corrected chi connectivity index (χ4v) is 4.19. The average Bonchev–Trinajstić information content (AvgIpc) is 2.43. The van der Waals surface area contributed by atoms with Gasteiger partial charge in [0.05, 0.1) is 6.61 Å². The van der Waals surface area contributed by atoms with Crippen LogP contribution in [0.4, 0.5) is 0 Å². The molecule has 7 heteroatoms. The maximum Gasteiger partial charge on any atom is 0.501 e. The van der Waals surface area contributed by atoms with Crippen molar-refractivity contribution in [2.75, 3.05) is 33.2 Å². The van der Waals surface area contributed by atoms with Crippen LogP contribution in [0, 0.1) is 0 Å². The fourth-order valence-electron chi connectivity index (χ4n) is 1.61. The monoisotopic (exact) mass is 306 g/mol. The van der Waals surface area contributed by atoms with Crippen LogP contribution < -0.4 is 0 Å². The van der Waals surface area contributed by atoms with Gasteiger partial charge >= 0.3 is 14.8 Å². The summed E-state index contributed by atoms with van der Waals surface area (Å²) in [5.41, 5.74) is 0. The van der Waals surface area contributed by atoms with Crippen LogP contribution in [0.25, 0.3) is 0 Å². The molecule has 0 N–H and O–H groups in total. The lowest BCUT2D eigenvalue weighted by molar-refractivity contribution is -0.150. The van der Waals surface area contributed by atoms with Crippen LogP contribution in [-0.2, 0) is 27.5 Å². The Morgan fingerprint density at radius 3 is 2.10 bits per heavy atom. The van der Waals surface area contributed by atoms with Gasteiger partial charge in [0.2, 0.25) is 0 Å². The van der Waals surface area contributed by atoms with Crippen LogP contribution in [0.2, 0.25) is 6.04 Å². The molecule has 0 fully saturated rings. The van der Waals surface area contributed by atoms with Gasteiger partial charge < -0.3 is 22.8 Å². The van der Waals surface area contributed by atoms with Crippen molar-refractivity contribution < 1.29 is 27.5 Å². The number of ether oxygens (including phenoxy) is 2. The van der Waals surface area contributed by atoms with Crippen molar-refractivity contribution in [3.8, 4) is 0 Å². The summed E-state index contributed by atoms with van der Waals surface area (Å²) in [6.07, 6.45) is 1.82. The Kier molecular flexibility index (Phi) is 11.6. The highest BCUT2D eigenvalue weighted by molar-refractivity contribution is 6.60. The van der Waals surface area contributed by atoms with Gasteiger partial charge in [0.25, 0.3) is 0 Å². The van der Waals surface area contributed by atoms with Crippen molar-refractivity contribution >= 4 is 14.8 Å². The lowest BCUT2D eigenvalue weighted by Crippen LogP contribution is -2.46. The SMILES string of the molecule is C=CC(=O)OCOCCC[Si](OCC)(OCC)OCC. The summed E-state index contributed by atoms with van der Waals surface area (Å²) in [5.74, 6) is -0.494. The molecule has 0 aliphatic carbocycles. The highest BCUT2D eigenvalue weighted by Gasteiger charge is 2.39. The van der Waals surface area contributed by atoms with Crippen LogP contribution in [-0.4, -0.2) is 48.0 Å². The first-order valence-corrected chi connectivity index (χ1v) is 8.86. The van der Waals surface area contributed by atoms with Crippen molar-refractivity contribution in [1.82, 2.24) is 0 Å². The number of carbonyl (C=O) groups is 1. The third kappa shape index (κ3) is 8.44. The van der Waals surface area contributed by atoms with E-state index < -0.39 is 14.8 Å². The predicted octanol–water partition coefficient (Wildman–Crippen LogP) is 2.13. The number of rotatable bonds is 13. The molecular formula is C13H26O6Si. The summed E-state index contributed by atoms with van der Waals surface area (Å²) < 4.78 is 27.0. The molecule has 0 aliphatic rings. The standard InChI is InChI=1S/C13H26O6Si/c1-5-13(14)16-12-15-10-9-11-20(17-6-2,18-7-3)19-8-4/h5H,1,6-12H2,2-4H3. The van der Waals surface area contributed by atoms with Crippen LogP contribution >= 0.6 is 0 Å². The van der Waals surface area contributed by atoms with E-state index >= 15 is 0 Å². The van der Waals surface area contributed by atoms with Gasteiger partial charge in [-0.15, -0.1) is 0 Å². The fraction of sp³-hybridized carbons (Fsp3) is 0.769. The summed E-state index contributed by atoms with van der Waals surface area (Å²) in [5, 5.41) is 0. The molecule has 0 amide bonds. The van der Waals surface area contributed by atoms with Crippen molar-refractivity contribution in [1.29, 1.82) is 0 Å². The number of carbonyl (C=O) groups excluding carboxylic acids is 1. The second kappa shape index (κ2) is 12.0. The van der Waals surface area contributed by atoms with Crippen molar-refractivity contribution in [3.05, 3.63) is 12.7 Å². The van der Waals surface area contributed by atoms with Gasteiger partial charge in [-0.05, 0) is 27.2 Å². The molecule has 0 atom stereocenters. The zero-order chi connectivity index (χ0) is 15.3. The zero-order valence-electron chi connectivity index (χ0n) is 12.7. The third-order valence-electron chi connectivity index (χ3n) is 2.32. The molecule has 0 aliphatic heterocycles. The zero-order valence-corrected chi connectivity index (χ0v) is 13.7. The topological polar surface area (TPSA) is 63.2 Å².